The van der Waals surface area contributed by atoms with Crippen molar-refractivity contribution in [3.63, 3.8) is 0 Å². The third-order valence-electron chi connectivity index (χ3n) is 3.71. The number of rotatable bonds is 5. The Hall–Kier alpha value is -0.450. The monoisotopic (exact) mass is 329 g/mol. The molecule has 106 valence electrons. The van der Waals surface area contributed by atoms with Crippen LogP contribution in [0.4, 0.5) is 4.39 Å². The van der Waals surface area contributed by atoms with Crippen LogP contribution in [0.15, 0.2) is 22.7 Å². The Bertz CT molecular complexity index is 427. The van der Waals surface area contributed by atoms with Crippen molar-refractivity contribution in [3.05, 3.63) is 34.1 Å². The average Bonchev–Trinajstić information content (AvgIpc) is 2.80. The highest BCUT2D eigenvalue weighted by atomic mass is 79.9. The van der Waals surface area contributed by atoms with Gasteiger partial charge in [0, 0.05) is 16.4 Å². The Morgan fingerprint density at radius 1 is 1.53 bits per heavy atom. The molecule has 19 heavy (non-hydrogen) atoms. The van der Waals surface area contributed by atoms with Gasteiger partial charge < -0.3 is 10.1 Å². The van der Waals surface area contributed by atoms with Crippen molar-refractivity contribution in [2.24, 2.45) is 5.92 Å². The second-order valence-electron chi connectivity index (χ2n) is 5.24. The summed E-state index contributed by atoms with van der Waals surface area (Å²) in [5.74, 6) is 0.339. The normalized spacial score (nSPS) is 24.6. The van der Waals surface area contributed by atoms with Crippen molar-refractivity contribution in [1.29, 1.82) is 0 Å². The van der Waals surface area contributed by atoms with E-state index in [0.29, 0.717) is 18.4 Å². The van der Waals surface area contributed by atoms with E-state index in [2.05, 4.69) is 35.1 Å². The third kappa shape index (κ3) is 4.01. The number of nitrogens with one attached hydrogen (secondary N) is 1. The molecule has 1 aromatic rings. The van der Waals surface area contributed by atoms with E-state index in [4.69, 9.17) is 4.74 Å². The van der Waals surface area contributed by atoms with E-state index in [1.54, 1.807) is 6.07 Å². The molecular weight excluding hydrogens is 309 g/mol. The lowest BCUT2D eigenvalue weighted by Gasteiger charge is -2.23. The summed E-state index contributed by atoms with van der Waals surface area (Å²) in [5.41, 5.74) is 0.764. The Labute approximate surface area is 122 Å². The molecule has 3 atom stereocenters. The van der Waals surface area contributed by atoms with Crippen LogP contribution in [-0.4, -0.2) is 25.3 Å². The van der Waals surface area contributed by atoms with E-state index in [9.17, 15) is 4.39 Å². The predicted molar refractivity (Wildman–Crippen MR) is 78.8 cm³/mol. The summed E-state index contributed by atoms with van der Waals surface area (Å²) in [6, 6.07) is 5.41. The van der Waals surface area contributed by atoms with Crippen molar-refractivity contribution < 1.29 is 9.13 Å². The molecule has 0 amide bonds. The highest BCUT2D eigenvalue weighted by Gasteiger charge is 2.29. The van der Waals surface area contributed by atoms with Gasteiger partial charge in [0.2, 0.25) is 0 Å². The van der Waals surface area contributed by atoms with Crippen LogP contribution in [0.1, 0.15) is 25.8 Å². The fraction of sp³-hybridized carbons (Fsp3) is 0.600. The zero-order valence-electron chi connectivity index (χ0n) is 11.5. The van der Waals surface area contributed by atoms with Crippen molar-refractivity contribution >= 4 is 15.9 Å². The first-order chi connectivity index (χ1) is 9.10. The molecule has 1 fully saturated rings. The molecule has 2 rings (SSSR count). The van der Waals surface area contributed by atoms with Crippen LogP contribution in [0, 0.1) is 11.7 Å². The maximum absolute atomic E-state index is 13.9. The molecule has 1 heterocycles. The summed E-state index contributed by atoms with van der Waals surface area (Å²) >= 11 is 3.41. The van der Waals surface area contributed by atoms with Gasteiger partial charge in [-0.1, -0.05) is 22.9 Å². The van der Waals surface area contributed by atoms with E-state index in [-0.39, 0.29) is 11.9 Å². The maximum Gasteiger partial charge on any atom is 0.126 e. The summed E-state index contributed by atoms with van der Waals surface area (Å²) in [4.78, 5) is 0. The summed E-state index contributed by atoms with van der Waals surface area (Å²) in [5, 5.41) is 3.48. The van der Waals surface area contributed by atoms with Crippen LogP contribution >= 0.6 is 15.9 Å². The highest BCUT2D eigenvalue weighted by molar-refractivity contribution is 9.10. The van der Waals surface area contributed by atoms with Crippen molar-refractivity contribution in [3.8, 4) is 0 Å². The number of ether oxygens (including phenoxy) is 1. The van der Waals surface area contributed by atoms with Crippen LogP contribution in [0.2, 0.25) is 0 Å². The van der Waals surface area contributed by atoms with Gasteiger partial charge in [-0.05, 0) is 50.1 Å². The van der Waals surface area contributed by atoms with E-state index in [1.165, 1.54) is 6.07 Å². The SMILES string of the molecule is CCNC(Cc1cc(Br)ccc1F)C1COC(C)C1. The number of hydrogen-bond acceptors (Lipinski definition) is 2. The van der Waals surface area contributed by atoms with Gasteiger partial charge in [0.25, 0.3) is 0 Å². The molecule has 4 heteroatoms. The second-order valence-corrected chi connectivity index (χ2v) is 6.16. The first-order valence-corrected chi connectivity index (χ1v) is 7.68. The highest BCUT2D eigenvalue weighted by Crippen LogP contribution is 2.26. The Morgan fingerprint density at radius 3 is 2.95 bits per heavy atom. The Kier molecular flexibility index (Phi) is 5.37. The van der Waals surface area contributed by atoms with Crippen LogP contribution in [0.25, 0.3) is 0 Å². The van der Waals surface area contributed by atoms with Gasteiger partial charge in [-0.15, -0.1) is 0 Å². The maximum atomic E-state index is 13.9. The first-order valence-electron chi connectivity index (χ1n) is 6.89. The number of benzene rings is 1. The largest absolute Gasteiger partial charge is 0.378 e. The molecule has 2 nitrogen and oxygen atoms in total. The minimum atomic E-state index is -0.127. The van der Waals surface area contributed by atoms with E-state index in [1.807, 2.05) is 6.07 Å². The summed E-state index contributed by atoms with van der Waals surface area (Å²) < 4.78 is 20.4. The molecule has 1 aromatic carbocycles. The molecule has 1 saturated heterocycles. The molecule has 0 bridgehead atoms. The second kappa shape index (κ2) is 6.82. The Morgan fingerprint density at radius 2 is 2.32 bits per heavy atom. The molecule has 0 spiro atoms. The predicted octanol–water partition coefficient (Wildman–Crippen LogP) is 3.53. The topological polar surface area (TPSA) is 21.3 Å². The summed E-state index contributed by atoms with van der Waals surface area (Å²) in [6.45, 7) is 5.85. The minimum absolute atomic E-state index is 0.127. The fourth-order valence-electron chi connectivity index (χ4n) is 2.74. The lowest BCUT2D eigenvalue weighted by Crippen LogP contribution is -2.38. The van der Waals surface area contributed by atoms with Gasteiger partial charge in [-0.3, -0.25) is 0 Å². The molecule has 0 aromatic heterocycles. The van der Waals surface area contributed by atoms with Crippen LogP contribution in [0.3, 0.4) is 0 Å². The molecule has 0 aliphatic carbocycles. The van der Waals surface area contributed by atoms with Crippen molar-refractivity contribution in [2.75, 3.05) is 13.2 Å². The third-order valence-corrected chi connectivity index (χ3v) is 4.21. The fourth-order valence-corrected chi connectivity index (χ4v) is 3.14. The molecule has 1 N–H and O–H groups in total. The summed E-state index contributed by atoms with van der Waals surface area (Å²) in [7, 11) is 0. The van der Waals surface area contributed by atoms with Crippen LogP contribution < -0.4 is 5.32 Å². The summed E-state index contributed by atoms with van der Waals surface area (Å²) in [6.07, 6.45) is 2.08. The van der Waals surface area contributed by atoms with Crippen LogP contribution in [0.5, 0.6) is 0 Å². The van der Waals surface area contributed by atoms with Gasteiger partial charge in [0.15, 0.2) is 0 Å². The quantitative estimate of drug-likeness (QED) is 0.892. The molecule has 3 unspecified atom stereocenters. The molecule has 1 aliphatic heterocycles. The van der Waals surface area contributed by atoms with Gasteiger partial charge >= 0.3 is 0 Å². The lowest BCUT2D eigenvalue weighted by molar-refractivity contribution is 0.117. The zero-order chi connectivity index (χ0) is 13.8. The van der Waals surface area contributed by atoms with E-state index in [0.717, 1.165) is 29.6 Å². The van der Waals surface area contributed by atoms with Gasteiger partial charge in [0.05, 0.1) is 12.7 Å². The number of halogens is 2. The molecule has 0 radical (unpaired) electrons. The zero-order valence-corrected chi connectivity index (χ0v) is 13.0. The standard InChI is InChI=1S/C15H21BrFNO/c1-3-18-15(12-6-10(2)19-9-12)8-11-7-13(16)4-5-14(11)17/h4-5,7,10,12,15,18H,3,6,8-9H2,1-2H3. The Balaban J connectivity index is 2.09. The van der Waals surface area contributed by atoms with Gasteiger partial charge in [-0.25, -0.2) is 4.39 Å². The van der Waals surface area contributed by atoms with Crippen molar-refractivity contribution in [2.45, 2.75) is 38.8 Å². The number of likely N-dealkylation sites (N-methyl/N-ethyl adjacent to an activating group) is 1. The molecule has 0 saturated carbocycles. The lowest BCUT2D eigenvalue weighted by atomic mass is 9.91. The smallest absolute Gasteiger partial charge is 0.126 e. The van der Waals surface area contributed by atoms with Gasteiger partial charge in [-0.2, -0.15) is 0 Å². The van der Waals surface area contributed by atoms with E-state index < -0.39 is 0 Å². The van der Waals surface area contributed by atoms with Crippen LogP contribution in [-0.2, 0) is 11.2 Å². The molecule has 1 aliphatic rings. The molecular formula is C15H21BrFNO. The number of hydrogen-bond donors (Lipinski definition) is 1. The van der Waals surface area contributed by atoms with Gasteiger partial charge in [0.1, 0.15) is 5.82 Å². The first kappa shape index (κ1) is 14.9. The van der Waals surface area contributed by atoms with E-state index >= 15 is 0 Å². The minimum Gasteiger partial charge on any atom is -0.378 e. The van der Waals surface area contributed by atoms with Crippen molar-refractivity contribution in [1.82, 2.24) is 5.32 Å². The average molecular weight is 330 g/mol.